The Hall–Kier alpha value is -2.28. The van der Waals surface area contributed by atoms with Crippen LogP contribution in [0.2, 0.25) is 0 Å². The predicted molar refractivity (Wildman–Crippen MR) is 113 cm³/mol. The number of hydrogen-bond donors (Lipinski definition) is 3. The van der Waals surface area contributed by atoms with Crippen molar-refractivity contribution in [3.63, 3.8) is 0 Å². The van der Waals surface area contributed by atoms with Crippen LogP contribution in [0.25, 0.3) is 0 Å². The summed E-state index contributed by atoms with van der Waals surface area (Å²) >= 11 is 0. The van der Waals surface area contributed by atoms with E-state index in [2.05, 4.69) is 35.5 Å². The van der Waals surface area contributed by atoms with Crippen LogP contribution in [-0.2, 0) is 4.79 Å². The van der Waals surface area contributed by atoms with Gasteiger partial charge >= 0.3 is 0 Å². The molecular formula is C22H30F2N4O. The molecule has 4 N–H and O–H groups in total. The summed E-state index contributed by atoms with van der Waals surface area (Å²) in [5, 5.41) is 6.39. The molecule has 2 aliphatic carbocycles. The number of aliphatic imine (C=N–C) groups is 1. The normalized spacial score (nSPS) is 23.8. The molecule has 1 aromatic carbocycles. The van der Waals surface area contributed by atoms with Crippen LogP contribution in [0, 0.1) is 11.8 Å². The molecule has 7 heteroatoms. The maximum absolute atomic E-state index is 13.0. The minimum absolute atomic E-state index is 0.293. The van der Waals surface area contributed by atoms with E-state index in [9.17, 15) is 13.6 Å². The molecular weight excluding hydrogens is 374 g/mol. The molecule has 2 bridgehead atoms. The number of carbonyl (C=O) groups excluding carboxylic acids is 1. The molecule has 0 aliphatic heterocycles. The maximum Gasteiger partial charge on any atom is 0.278 e. The highest BCUT2D eigenvalue weighted by molar-refractivity contribution is 6.18. The molecule has 3 rings (SSSR count). The molecule has 3 atom stereocenters. The SMILES string of the molecule is CN=CC(C(=O)Nc1cccc2c1C1CCC2C1CNCC(C)C)=C(N)C(F)F. The Bertz CT molecular complexity index is 819. The number of allylic oxidation sites excluding steroid dienone is 1. The van der Waals surface area contributed by atoms with Crippen LogP contribution in [0.15, 0.2) is 34.5 Å². The van der Waals surface area contributed by atoms with Gasteiger partial charge in [-0.05, 0) is 66.8 Å². The first-order valence-electron chi connectivity index (χ1n) is 10.2. The monoisotopic (exact) mass is 404 g/mol. The van der Waals surface area contributed by atoms with Crippen molar-refractivity contribution in [2.45, 2.75) is 45.0 Å². The van der Waals surface area contributed by atoms with Crippen molar-refractivity contribution in [2.24, 2.45) is 22.6 Å². The highest BCUT2D eigenvalue weighted by atomic mass is 19.3. The second kappa shape index (κ2) is 9.03. The third-order valence-corrected chi connectivity index (χ3v) is 5.96. The van der Waals surface area contributed by atoms with Crippen molar-refractivity contribution in [3.05, 3.63) is 40.6 Å². The fourth-order valence-corrected chi connectivity index (χ4v) is 4.77. The number of nitrogens with two attached hydrogens (primary N) is 1. The average Bonchev–Trinajstić information content (AvgIpc) is 3.21. The number of benzene rings is 1. The quantitative estimate of drug-likeness (QED) is 0.457. The summed E-state index contributed by atoms with van der Waals surface area (Å²) in [5.74, 6) is 1.28. The molecule has 0 heterocycles. The van der Waals surface area contributed by atoms with Crippen LogP contribution >= 0.6 is 0 Å². The van der Waals surface area contributed by atoms with E-state index < -0.39 is 18.0 Å². The molecule has 29 heavy (non-hydrogen) atoms. The van der Waals surface area contributed by atoms with Gasteiger partial charge in [-0.15, -0.1) is 0 Å². The molecule has 1 saturated carbocycles. The molecule has 1 fully saturated rings. The number of alkyl halides is 2. The van der Waals surface area contributed by atoms with Crippen LogP contribution in [0.1, 0.15) is 49.7 Å². The second-order valence-electron chi connectivity index (χ2n) is 8.33. The van der Waals surface area contributed by atoms with Gasteiger partial charge in [0.15, 0.2) is 0 Å². The molecule has 0 spiro atoms. The smallest absolute Gasteiger partial charge is 0.278 e. The third kappa shape index (κ3) is 4.34. The first kappa shape index (κ1) is 21.4. The number of anilines is 1. The minimum Gasteiger partial charge on any atom is -0.397 e. The average molecular weight is 405 g/mol. The van der Waals surface area contributed by atoms with Crippen molar-refractivity contribution in [1.29, 1.82) is 0 Å². The Morgan fingerprint density at radius 1 is 1.31 bits per heavy atom. The van der Waals surface area contributed by atoms with Gasteiger partial charge in [0.05, 0.1) is 11.3 Å². The van der Waals surface area contributed by atoms with E-state index in [1.165, 1.54) is 12.6 Å². The van der Waals surface area contributed by atoms with Gasteiger partial charge in [0.2, 0.25) is 0 Å². The number of halogens is 2. The van der Waals surface area contributed by atoms with Crippen molar-refractivity contribution >= 4 is 17.8 Å². The Labute approximate surface area is 170 Å². The fraction of sp³-hybridized carbons (Fsp3) is 0.545. The van der Waals surface area contributed by atoms with Gasteiger partial charge in [-0.2, -0.15) is 0 Å². The summed E-state index contributed by atoms with van der Waals surface area (Å²) in [6, 6.07) is 5.89. The molecule has 0 radical (unpaired) electrons. The van der Waals surface area contributed by atoms with Crippen molar-refractivity contribution in [2.75, 3.05) is 25.5 Å². The highest BCUT2D eigenvalue weighted by Gasteiger charge is 2.46. The van der Waals surface area contributed by atoms with Gasteiger partial charge < -0.3 is 16.4 Å². The second-order valence-corrected chi connectivity index (χ2v) is 8.33. The first-order chi connectivity index (χ1) is 13.8. The van der Waals surface area contributed by atoms with E-state index in [1.54, 1.807) is 0 Å². The number of rotatable bonds is 8. The van der Waals surface area contributed by atoms with Crippen LogP contribution < -0.4 is 16.4 Å². The molecule has 0 aromatic heterocycles. The van der Waals surface area contributed by atoms with Crippen LogP contribution in [0.5, 0.6) is 0 Å². The summed E-state index contributed by atoms with van der Waals surface area (Å²) in [6.07, 6.45) is 0.402. The maximum atomic E-state index is 13.0. The number of hydrogen-bond acceptors (Lipinski definition) is 4. The van der Waals surface area contributed by atoms with E-state index in [4.69, 9.17) is 5.73 Å². The van der Waals surface area contributed by atoms with Crippen molar-refractivity contribution in [1.82, 2.24) is 5.32 Å². The topological polar surface area (TPSA) is 79.5 Å². The largest absolute Gasteiger partial charge is 0.397 e. The van der Waals surface area contributed by atoms with Gasteiger partial charge in [0.25, 0.3) is 12.3 Å². The fourth-order valence-electron chi connectivity index (χ4n) is 4.77. The molecule has 1 amide bonds. The lowest BCUT2D eigenvalue weighted by atomic mass is 9.90. The standard InChI is InChI=1S/C22H30F2N4O/c1-12(2)9-27-11-16-13-7-8-15(16)19-14(13)5-4-6-18(19)28-22(29)17(10-26-3)20(25)21(23)24/h4-6,10,12-13,15-16,21,27H,7-9,11,25H2,1-3H3,(H,28,29). The Balaban J connectivity index is 1.83. The molecule has 3 unspecified atom stereocenters. The Kier molecular flexibility index (Phi) is 6.67. The number of carbonyl (C=O) groups is 1. The van der Waals surface area contributed by atoms with E-state index in [0.29, 0.717) is 29.4 Å². The molecule has 2 aliphatic rings. The minimum atomic E-state index is -2.91. The summed E-state index contributed by atoms with van der Waals surface area (Å²) in [5.41, 5.74) is 7.50. The zero-order valence-corrected chi connectivity index (χ0v) is 17.2. The summed E-state index contributed by atoms with van der Waals surface area (Å²) in [4.78, 5) is 16.4. The third-order valence-electron chi connectivity index (χ3n) is 5.96. The summed E-state index contributed by atoms with van der Waals surface area (Å²) in [6.45, 7) is 6.30. The molecule has 158 valence electrons. The lowest BCUT2D eigenvalue weighted by Gasteiger charge is -2.20. The number of nitrogens with one attached hydrogen (secondary N) is 2. The number of nitrogens with zero attached hydrogens (tertiary/aromatic N) is 1. The van der Waals surface area contributed by atoms with E-state index in [1.807, 2.05) is 12.1 Å². The molecule has 1 aromatic rings. The van der Waals surface area contributed by atoms with Crippen LogP contribution in [-0.4, -0.2) is 38.7 Å². The zero-order chi connectivity index (χ0) is 21.1. The van der Waals surface area contributed by atoms with Gasteiger partial charge in [-0.1, -0.05) is 26.0 Å². The summed E-state index contributed by atoms with van der Waals surface area (Å²) in [7, 11) is 1.42. The van der Waals surface area contributed by atoms with Crippen LogP contribution in [0.3, 0.4) is 0 Å². The van der Waals surface area contributed by atoms with Crippen molar-refractivity contribution in [3.8, 4) is 0 Å². The zero-order valence-electron chi connectivity index (χ0n) is 17.2. The van der Waals surface area contributed by atoms with E-state index >= 15 is 0 Å². The highest BCUT2D eigenvalue weighted by Crippen LogP contribution is 2.58. The number of amides is 1. The van der Waals surface area contributed by atoms with Gasteiger partial charge in [0.1, 0.15) is 0 Å². The number of fused-ring (bicyclic) bond motifs is 5. The first-order valence-corrected chi connectivity index (χ1v) is 10.2. The lowest BCUT2D eigenvalue weighted by Crippen LogP contribution is -2.28. The van der Waals surface area contributed by atoms with E-state index in [-0.39, 0.29) is 5.57 Å². The van der Waals surface area contributed by atoms with Crippen molar-refractivity contribution < 1.29 is 13.6 Å². The Morgan fingerprint density at radius 2 is 2.03 bits per heavy atom. The van der Waals surface area contributed by atoms with Gasteiger partial charge in [-0.25, -0.2) is 8.78 Å². The summed E-state index contributed by atoms with van der Waals surface area (Å²) < 4.78 is 26.1. The van der Waals surface area contributed by atoms with Crippen LogP contribution in [0.4, 0.5) is 14.5 Å². The lowest BCUT2D eigenvalue weighted by molar-refractivity contribution is -0.112. The molecule has 5 nitrogen and oxygen atoms in total. The van der Waals surface area contributed by atoms with Gasteiger partial charge in [0, 0.05) is 18.9 Å². The Morgan fingerprint density at radius 3 is 2.69 bits per heavy atom. The van der Waals surface area contributed by atoms with E-state index in [0.717, 1.165) is 37.7 Å². The molecule has 0 saturated heterocycles. The predicted octanol–water partition coefficient (Wildman–Crippen LogP) is 3.64. The van der Waals surface area contributed by atoms with Gasteiger partial charge in [-0.3, -0.25) is 9.79 Å².